The van der Waals surface area contributed by atoms with E-state index >= 15 is 0 Å². The Morgan fingerprint density at radius 3 is 2.50 bits per heavy atom. The Kier molecular flexibility index (Phi) is 7.17. The van der Waals surface area contributed by atoms with Crippen molar-refractivity contribution in [2.24, 2.45) is 5.92 Å². The molecule has 0 aliphatic carbocycles. The quantitative estimate of drug-likeness (QED) is 0.499. The number of amides is 2. The molecule has 2 aliphatic rings. The summed E-state index contributed by atoms with van der Waals surface area (Å²) in [7, 11) is 0. The van der Waals surface area contributed by atoms with Gasteiger partial charge in [-0.05, 0) is 54.0 Å². The maximum absolute atomic E-state index is 13.2. The lowest BCUT2D eigenvalue weighted by Crippen LogP contribution is -2.46. The highest BCUT2D eigenvalue weighted by Gasteiger charge is 2.38. The first-order valence-corrected chi connectivity index (χ1v) is 13.1. The van der Waals surface area contributed by atoms with Crippen LogP contribution < -0.4 is 5.32 Å². The molecule has 0 radical (unpaired) electrons. The van der Waals surface area contributed by atoms with Crippen LogP contribution in [-0.2, 0) is 27.2 Å². The summed E-state index contributed by atoms with van der Waals surface area (Å²) in [5.41, 5.74) is 1.81. The van der Waals surface area contributed by atoms with Gasteiger partial charge in [0.05, 0.1) is 0 Å². The highest BCUT2D eigenvalue weighted by Crippen LogP contribution is 2.31. The molecule has 3 aromatic rings. The average molecular weight is 483 g/mol. The standard InChI is InChI=1S/C31H34N2O3/c34-28(20-23-7-2-1-3-8-23)27-11-6-18-33(22-27)30(36)15-17-31(16-14-29(35)32-31)21-24-12-13-25-9-4-5-10-26(25)19-24/h1-5,7-10,12-13,19,27H,6,11,14-18,20-22H2,(H,32,35)/t27-,31+/m0/s1. The van der Waals surface area contributed by atoms with Crippen molar-refractivity contribution in [3.8, 4) is 0 Å². The molecule has 2 fully saturated rings. The predicted octanol–water partition coefficient (Wildman–Crippen LogP) is 4.86. The molecular weight excluding hydrogens is 448 g/mol. The van der Waals surface area contributed by atoms with E-state index in [-0.39, 0.29) is 23.5 Å². The van der Waals surface area contributed by atoms with Crippen LogP contribution in [0.15, 0.2) is 72.8 Å². The lowest BCUT2D eigenvalue weighted by Gasteiger charge is -2.34. The van der Waals surface area contributed by atoms with E-state index in [1.165, 1.54) is 16.3 Å². The molecule has 0 bridgehead atoms. The highest BCUT2D eigenvalue weighted by molar-refractivity contribution is 5.85. The molecule has 5 heteroatoms. The molecule has 2 amide bonds. The zero-order chi connectivity index (χ0) is 25.0. The molecule has 2 aliphatic heterocycles. The van der Waals surface area contributed by atoms with E-state index in [1.54, 1.807) is 0 Å². The van der Waals surface area contributed by atoms with Crippen LogP contribution in [0.4, 0.5) is 0 Å². The molecule has 0 spiro atoms. The van der Waals surface area contributed by atoms with Gasteiger partial charge in [0.15, 0.2) is 0 Å². The molecule has 2 heterocycles. The minimum absolute atomic E-state index is 0.0628. The average Bonchev–Trinajstić information content (AvgIpc) is 3.28. The number of benzene rings is 3. The molecule has 5 rings (SSSR count). The van der Waals surface area contributed by atoms with E-state index < -0.39 is 5.54 Å². The number of nitrogens with one attached hydrogen (secondary N) is 1. The topological polar surface area (TPSA) is 66.5 Å². The number of carbonyl (C=O) groups is 3. The van der Waals surface area contributed by atoms with Gasteiger partial charge in [-0.1, -0.05) is 72.8 Å². The molecule has 2 saturated heterocycles. The number of nitrogens with zero attached hydrogens (tertiary/aromatic N) is 1. The molecule has 0 aromatic heterocycles. The lowest BCUT2D eigenvalue weighted by molar-refractivity contribution is -0.135. The highest BCUT2D eigenvalue weighted by atomic mass is 16.2. The fraction of sp³-hybridized carbons (Fsp3) is 0.387. The van der Waals surface area contributed by atoms with Crippen LogP contribution in [0, 0.1) is 5.92 Å². The third kappa shape index (κ3) is 5.67. The van der Waals surface area contributed by atoms with Crippen molar-refractivity contribution in [2.75, 3.05) is 13.1 Å². The third-order valence-corrected chi connectivity index (χ3v) is 7.86. The third-order valence-electron chi connectivity index (χ3n) is 7.86. The first-order chi connectivity index (χ1) is 17.5. The second-order valence-electron chi connectivity index (χ2n) is 10.5. The first kappa shape index (κ1) is 24.2. The van der Waals surface area contributed by atoms with Gasteiger partial charge in [-0.25, -0.2) is 0 Å². The normalized spacial score (nSPS) is 21.9. The number of carbonyl (C=O) groups excluding carboxylic acids is 3. The molecule has 186 valence electrons. The molecule has 0 unspecified atom stereocenters. The largest absolute Gasteiger partial charge is 0.350 e. The van der Waals surface area contributed by atoms with E-state index in [1.807, 2.05) is 47.4 Å². The van der Waals surface area contributed by atoms with Crippen molar-refractivity contribution in [3.05, 3.63) is 83.9 Å². The fourth-order valence-electron chi connectivity index (χ4n) is 5.83. The summed E-state index contributed by atoms with van der Waals surface area (Å²) < 4.78 is 0. The summed E-state index contributed by atoms with van der Waals surface area (Å²) in [5.74, 6) is 0.272. The number of rotatable bonds is 8. The second kappa shape index (κ2) is 10.7. The Balaban J connectivity index is 1.21. The van der Waals surface area contributed by atoms with Gasteiger partial charge in [0.25, 0.3) is 0 Å². The minimum atomic E-state index is -0.395. The van der Waals surface area contributed by atoms with Crippen molar-refractivity contribution in [3.63, 3.8) is 0 Å². The van der Waals surface area contributed by atoms with E-state index in [0.29, 0.717) is 38.8 Å². The van der Waals surface area contributed by atoms with E-state index in [0.717, 1.165) is 31.2 Å². The van der Waals surface area contributed by atoms with Crippen LogP contribution in [0.3, 0.4) is 0 Å². The Labute approximate surface area is 212 Å². The monoisotopic (exact) mass is 482 g/mol. The number of piperidine rings is 1. The summed E-state index contributed by atoms with van der Waals surface area (Å²) in [6.45, 7) is 1.21. The smallest absolute Gasteiger partial charge is 0.222 e. The van der Waals surface area contributed by atoms with E-state index in [9.17, 15) is 14.4 Å². The molecular formula is C31H34N2O3. The van der Waals surface area contributed by atoms with Crippen molar-refractivity contribution in [1.82, 2.24) is 10.2 Å². The van der Waals surface area contributed by atoms with Crippen LogP contribution in [-0.4, -0.2) is 41.1 Å². The van der Waals surface area contributed by atoms with Crippen LogP contribution in [0.2, 0.25) is 0 Å². The summed E-state index contributed by atoms with van der Waals surface area (Å²) in [6, 6.07) is 24.5. The zero-order valence-electron chi connectivity index (χ0n) is 20.7. The van der Waals surface area contributed by atoms with E-state index in [4.69, 9.17) is 0 Å². The Hall–Kier alpha value is -3.47. The molecule has 3 aromatic carbocycles. The van der Waals surface area contributed by atoms with Crippen molar-refractivity contribution in [1.29, 1.82) is 0 Å². The van der Waals surface area contributed by atoms with Gasteiger partial charge >= 0.3 is 0 Å². The molecule has 0 saturated carbocycles. The predicted molar refractivity (Wildman–Crippen MR) is 141 cm³/mol. The Morgan fingerprint density at radius 2 is 1.72 bits per heavy atom. The van der Waals surface area contributed by atoms with Gasteiger partial charge in [0.2, 0.25) is 11.8 Å². The van der Waals surface area contributed by atoms with Gasteiger partial charge in [-0.2, -0.15) is 0 Å². The summed E-state index contributed by atoms with van der Waals surface area (Å²) in [5, 5.41) is 5.59. The molecule has 36 heavy (non-hydrogen) atoms. The number of hydrogen-bond acceptors (Lipinski definition) is 3. The van der Waals surface area contributed by atoms with Crippen LogP contribution >= 0.6 is 0 Å². The van der Waals surface area contributed by atoms with Crippen LogP contribution in [0.25, 0.3) is 10.8 Å². The van der Waals surface area contributed by atoms with Gasteiger partial charge in [-0.15, -0.1) is 0 Å². The van der Waals surface area contributed by atoms with Crippen molar-refractivity contribution < 1.29 is 14.4 Å². The summed E-state index contributed by atoms with van der Waals surface area (Å²) in [6.07, 6.45) is 5.08. The maximum atomic E-state index is 13.2. The minimum Gasteiger partial charge on any atom is -0.350 e. The zero-order valence-corrected chi connectivity index (χ0v) is 20.7. The van der Waals surface area contributed by atoms with Crippen molar-refractivity contribution >= 4 is 28.4 Å². The summed E-state index contributed by atoms with van der Waals surface area (Å²) >= 11 is 0. The number of likely N-dealkylation sites (tertiary alicyclic amines) is 1. The van der Waals surface area contributed by atoms with Gasteiger partial charge in [0.1, 0.15) is 5.78 Å². The van der Waals surface area contributed by atoms with Gasteiger partial charge < -0.3 is 10.2 Å². The van der Waals surface area contributed by atoms with Gasteiger partial charge in [-0.3, -0.25) is 14.4 Å². The number of Topliss-reactive ketones (excluding diaryl/α,β-unsaturated/α-hetero) is 1. The lowest BCUT2D eigenvalue weighted by atomic mass is 9.84. The first-order valence-electron chi connectivity index (χ1n) is 13.1. The van der Waals surface area contributed by atoms with Crippen LogP contribution in [0.1, 0.15) is 49.7 Å². The van der Waals surface area contributed by atoms with Gasteiger partial charge in [0, 0.05) is 43.8 Å². The second-order valence-corrected chi connectivity index (χ2v) is 10.5. The van der Waals surface area contributed by atoms with E-state index in [2.05, 4.69) is 35.6 Å². The number of hydrogen-bond donors (Lipinski definition) is 1. The molecule has 1 N–H and O–H groups in total. The Morgan fingerprint density at radius 1 is 0.944 bits per heavy atom. The van der Waals surface area contributed by atoms with Crippen LogP contribution in [0.5, 0.6) is 0 Å². The van der Waals surface area contributed by atoms with Crippen molar-refractivity contribution in [2.45, 2.75) is 56.9 Å². The number of ketones is 1. The molecule has 5 nitrogen and oxygen atoms in total. The molecule has 2 atom stereocenters. The summed E-state index contributed by atoms with van der Waals surface area (Å²) in [4.78, 5) is 40.2. The Bertz CT molecular complexity index is 1250. The SMILES string of the molecule is O=C1CC[C@@](CCC(=O)N2CCC[C@H](C(=O)Cc3ccccc3)C2)(Cc2ccc3ccccc3c2)N1. The fourth-order valence-corrected chi connectivity index (χ4v) is 5.83. The number of fused-ring (bicyclic) bond motifs is 1. The maximum Gasteiger partial charge on any atom is 0.222 e.